The van der Waals surface area contributed by atoms with Crippen molar-refractivity contribution in [2.24, 2.45) is 5.73 Å². The number of benzene rings is 2. The van der Waals surface area contributed by atoms with Crippen molar-refractivity contribution in [2.75, 3.05) is 6.61 Å². The third-order valence-electron chi connectivity index (χ3n) is 3.91. The third kappa shape index (κ3) is 4.16. The normalized spacial score (nSPS) is 13.9. The molecule has 0 aromatic heterocycles. The standard InChI is InChI=1S/C19H25NO/c1-4-21-19(17-8-6-5-7-9-17)18(20)13-16-11-10-14(2)15(3)12-16/h5-12,18-19H,4,13,20H2,1-3H3. The molecule has 2 heteroatoms. The second-order valence-corrected chi connectivity index (χ2v) is 5.57. The molecule has 2 aromatic rings. The minimum atomic E-state index is -0.0576. The van der Waals surface area contributed by atoms with Crippen LogP contribution >= 0.6 is 0 Å². The number of ether oxygens (including phenoxy) is 1. The summed E-state index contributed by atoms with van der Waals surface area (Å²) in [6.45, 7) is 6.95. The number of rotatable bonds is 6. The first-order valence-electron chi connectivity index (χ1n) is 7.60. The number of aryl methyl sites for hydroxylation is 2. The van der Waals surface area contributed by atoms with Crippen molar-refractivity contribution in [1.29, 1.82) is 0 Å². The lowest BCUT2D eigenvalue weighted by atomic mass is 9.95. The highest BCUT2D eigenvalue weighted by atomic mass is 16.5. The topological polar surface area (TPSA) is 35.2 Å². The van der Waals surface area contributed by atoms with E-state index in [1.807, 2.05) is 25.1 Å². The van der Waals surface area contributed by atoms with E-state index in [0.717, 1.165) is 12.0 Å². The van der Waals surface area contributed by atoms with Crippen LogP contribution in [-0.2, 0) is 11.2 Å². The summed E-state index contributed by atoms with van der Waals surface area (Å²) >= 11 is 0. The molecule has 0 saturated heterocycles. The van der Waals surface area contributed by atoms with Crippen LogP contribution in [0.2, 0.25) is 0 Å². The molecule has 0 spiro atoms. The Morgan fingerprint density at radius 1 is 1.00 bits per heavy atom. The summed E-state index contributed by atoms with van der Waals surface area (Å²) in [6, 6.07) is 16.8. The zero-order valence-corrected chi connectivity index (χ0v) is 13.2. The summed E-state index contributed by atoms with van der Waals surface area (Å²) in [7, 11) is 0. The Labute approximate surface area is 127 Å². The molecule has 2 unspecified atom stereocenters. The molecule has 2 rings (SSSR count). The quantitative estimate of drug-likeness (QED) is 0.871. The fourth-order valence-corrected chi connectivity index (χ4v) is 2.60. The second-order valence-electron chi connectivity index (χ2n) is 5.57. The number of nitrogens with two attached hydrogens (primary N) is 1. The van der Waals surface area contributed by atoms with Gasteiger partial charge in [-0.15, -0.1) is 0 Å². The van der Waals surface area contributed by atoms with Gasteiger partial charge in [-0.1, -0.05) is 48.5 Å². The SMILES string of the molecule is CCOC(c1ccccc1)C(N)Cc1ccc(C)c(C)c1. The van der Waals surface area contributed by atoms with E-state index in [1.165, 1.54) is 16.7 Å². The Hall–Kier alpha value is -1.64. The molecule has 2 nitrogen and oxygen atoms in total. The van der Waals surface area contributed by atoms with Gasteiger partial charge in [-0.05, 0) is 49.4 Å². The smallest absolute Gasteiger partial charge is 0.0978 e. The van der Waals surface area contributed by atoms with Gasteiger partial charge in [0.05, 0.1) is 6.10 Å². The van der Waals surface area contributed by atoms with Gasteiger partial charge in [-0.3, -0.25) is 0 Å². The first-order valence-corrected chi connectivity index (χ1v) is 7.60. The highest BCUT2D eigenvalue weighted by molar-refractivity contribution is 5.31. The Balaban J connectivity index is 2.15. The van der Waals surface area contributed by atoms with Gasteiger partial charge in [0.2, 0.25) is 0 Å². The Kier molecular flexibility index (Phi) is 5.54. The number of hydrogen-bond acceptors (Lipinski definition) is 2. The maximum Gasteiger partial charge on any atom is 0.0978 e. The van der Waals surface area contributed by atoms with Crippen LogP contribution in [-0.4, -0.2) is 12.6 Å². The predicted octanol–water partition coefficient (Wildman–Crippen LogP) is 3.95. The monoisotopic (exact) mass is 283 g/mol. The van der Waals surface area contributed by atoms with E-state index in [-0.39, 0.29) is 12.1 Å². The molecule has 0 fully saturated rings. The fourth-order valence-electron chi connectivity index (χ4n) is 2.60. The third-order valence-corrected chi connectivity index (χ3v) is 3.91. The first-order chi connectivity index (χ1) is 10.1. The van der Waals surface area contributed by atoms with Crippen molar-refractivity contribution < 1.29 is 4.74 Å². The summed E-state index contributed by atoms with van der Waals surface area (Å²) in [5.74, 6) is 0. The van der Waals surface area contributed by atoms with Crippen molar-refractivity contribution in [3.8, 4) is 0 Å². The molecule has 2 aromatic carbocycles. The summed E-state index contributed by atoms with van der Waals surface area (Å²) in [5.41, 5.74) is 11.5. The van der Waals surface area contributed by atoms with Crippen LogP contribution in [0, 0.1) is 13.8 Å². The van der Waals surface area contributed by atoms with Crippen LogP contribution in [0.4, 0.5) is 0 Å². The van der Waals surface area contributed by atoms with Crippen LogP contribution in [0.25, 0.3) is 0 Å². The molecule has 0 bridgehead atoms. The minimum absolute atomic E-state index is 0.0468. The van der Waals surface area contributed by atoms with Gasteiger partial charge in [0.25, 0.3) is 0 Å². The zero-order valence-electron chi connectivity index (χ0n) is 13.2. The summed E-state index contributed by atoms with van der Waals surface area (Å²) in [6.07, 6.45) is 0.763. The maximum absolute atomic E-state index is 6.43. The van der Waals surface area contributed by atoms with Crippen LogP contribution in [0.15, 0.2) is 48.5 Å². The summed E-state index contributed by atoms with van der Waals surface area (Å²) < 4.78 is 5.89. The second kappa shape index (κ2) is 7.39. The largest absolute Gasteiger partial charge is 0.372 e. The molecule has 0 radical (unpaired) electrons. The molecule has 0 saturated carbocycles. The van der Waals surface area contributed by atoms with Gasteiger partial charge in [0, 0.05) is 12.6 Å². The first kappa shape index (κ1) is 15.7. The van der Waals surface area contributed by atoms with Crippen molar-refractivity contribution >= 4 is 0 Å². The minimum Gasteiger partial charge on any atom is -0.372 e. The van der Waals surface area contributed by atoms with Gasteiger partial charge in [0.1, 0.15) is 0 Å². The van der Waals surface area contributed by atoms with E-state index >= 15 is 0 Å². The average Bonchev–Trinajstić information content (AvgIpc) is 2.49. The molecular formula is C19H25NO. The average molecular weight is 283 g/mol. The summed E-state index contributed by atoms with van der Waals surface area (Å²) in [4.78, 5) is 0. The fraction of sp³-hybridized carbons (Fsp3) is 0.368. The van der Waals surface area contributed by atoms with Gasteiger partial charge >= 0.3 is 0 Å². The van der Waals surface area contributed by atoms with Gasteiger partial charge < -0.3 is 10.5 Å². The number of hydrogen-bond donors (Lipinski definition) is 1. The molecule has 0 heterocycles. The van der Waals surface area contributed by atoms with E-state index in [4.69, 9.17) is 10.5 Å². The van der Waals surface area contributed by atoms with Crippen LogP contribution in [0.3, 0.4) is 0 Å². The molecule has 2 atom stereocenters. The lowest BCUT2D eigenvalue weighted by Gasteiger charge is -2.24. The van der Waals surface area contributed by atoms with Gasteiger partial charge in [0.15, 0.2) is 0 Å². The van der Waals surface area contributed by atoms with E-state index in [0.29, 0.717) is 6.61 Å². The lowest BCUT2D eigenvalue weighted by Crippen LogP contribution is -2.32. The molecule has 21 heavy (non-hydrogen) atoms. The van der Waals surface area contributed by atoms with Gasteiger partial charge in [-0.25, -0.2) is 0 Å². The molecule has 0 aliphatic heterocycles. The van der Waals surface area contributed by atoms with Crippen molar-refractivity contribution in [3.05, 3.63) is 70.8 Å². The van der Waals surface area contributed by atoms with Crippen molar-refractivity contribution in [2.45, 2.75) is 39.3 Å². The van der Waals surface area contributed by atoms with Crippen molar-refractivity contribution in [3.63, 3.8) is 0 Å². The molecule has 0 aliphatic rings. The summed E-state index contributed by atoms with van der Waals surface area (Å²) in [5, 5.41) is 0. The van der Waals surface area contributed by atoms with E-state index < -0.39 is 0 Å². The molecular weight excluding hydrogens is 258 g/mol. The van der Waals surface area contributed by atoms with Crippen LogP contribution < -0.4 is 5.73 Å². The highest BCUT2D eigenvalue weighted by Crippen LogP contribution is 2.23. The van der Waals surface area contributed by atoms with Gasteiger partial charge in [-0.2, -0.15) is 0 Å². The zero-order chi connectivity index (χ0) is 15.2. The lowest BCUT2D eigenvalue weighted by molar-refractivity contribution is 0.0433. The highest BCUT2D eigenvalue weighted by Gasteiger charge is 2.20. The van der Waals surface area contributed by atoms with E-state index in [9.17, 15) is 0 Å². The molecule has 2 N–H and O–H groups in total. The van der Waals surface area contributed by atoms with E-state index in [1.54, 1.807) is 0 Å². The van der Waals surface area contributed by atoms with E-state index in [2.05, 4.69) is 44.2 Å². The maximum atomic E-state index is 6.43. The molecule has 112 valence electrons. The Morgan fingerprint density at radius 3 is 2.33 bits per heavy atom. The van der Waals surface area contributed by atoms with Crippen LogP contribution in [0.5, 0.6) is 0 Å². The molecule has 0 amide bonds. The predicted molar refractivity (Wildman–Crippen MR) is 88.4 cm³/mol. The molecule has 0 aliphatic carbocycles. The Morgan fingerprint density at radius 2 is 1.71 bits per heavy atom. The Bertz CT molecular complexity index is 565. The van der Waals surface area contributed by atoms with Crippen LogP contribution in [0.1, 0.15) is 35.3 Å². The van der Waals surface area contributed by atoms with Crippen molar-refractivity contribution in [1.82, 2.24) is 0 Å².